The SMILES string of the molecule is CNCCN(C)C(=O)C(C)(C)c1ccc(C)cc1.Cl. The zero-order valence-corrected chi connectivity index (χ0v) is 13.3. The molecule has 0 aromatic heterocycles. The van der Waals surface area contributed by atoms with Gasteiger partial charge >= 0.3 is 0 Å². The van der Waals surface area contributed by atoms with Crippen molar-refractivity contribution in [2.75, 3.05) is 27.2 Å². The van der Waals surface area contributed by atoms with Crippen molar-refractivity contribution in [1.82, 2.24) is 10.2 Å². The highest BCUT2D eigenvalue weighted by molar-refractivity contribution is 5.87. The second-order valence-electron chi connectivity index (χ2n) is 5.32. The van der Waals surface area contributed by atoms with Gasteiger partial charge in [-0.2, -0.15) is 0 Å². The van der Waals surface area contributed by atoms with E-state index in [4.69, 9.17) is 0 Å². The molecule has 19 heavy (non-hydrogen) atoms. The van der Waals surface area contributed by atoms with Crippen molar-refractivity contribution in [3.8, 4) is 0 Å². The lowest BCUT2D eigenvalue weighted by Crippen LogP contribution is -2.43. The van der Waals surface area contributed by atoms with Crippen LogP contribution in [0.15, 0.2) is 24.3 Å². The fraction of sp³-hybridized carbons (Fsp3) is 0.533. The Hall–Kier alpha value is -1.06. The highest BCUT2D eigenvalue weighted by atomic mass is 35.5. The summed E-state index contributed by atoms with van der Waals surface area (Å²) in [5.41, 5.74) is 1.80. The molecule has 0 fully saturated rings. The predicted octanol–water partition coefficient (Wildman–Crippen LogP) is 2.37. The van der Waals surface area contributed by atoms with Crippen molar-refractivity contribution in [1.29, 1.82) is 0 Å². The molecule has 1 N–H and O–H groups in total. The van der Waals surface area contributed by atoms with Gasteiger partial charge in [0.2, 0.25) is 5.91 Å². The lowest BCUT2D eigenvalue weighted by molar-refractivity contribution is -0.134. The number of carbonyl (C=O) groups is 1. The van der Waals surface area contributed by atoms with E-state index in [1.54, 1.807) is 4.90 Å². The predicted molar refractivity (Wildman–Crippen MR) is 83.0 cm³/mol. The van der Waals surface area contributed by atoms with E-state index in [2.05, 4.69) is 24.4 Å². The topological polar surface area (TPSA) is 32.3 Å². The zero-order chi connectivity index (χ0) is 13.8. The number of likely N-dealkylation sites (N-methyl/N-ethyl adjacent to an activating group) is 2. The van der Waals surface area contributed by atoms with Gasteiger partial charge in [0.1, 0.15) is 0 Å². The van der Waals surface area contributed by atoms with Crippen LogP contribution in [-0.2, 0) is 10.2 Å². The molecule has 1 amide bonds. The van der Waals surface area contributed by atoms with Gasteiger partial charge in [-0.05, 0) is 33.4 Å². The van der Waals surface area contributed by atoms with Gasteiger partial charge in [-0.15, -0.1) is 12.4 Å². The molecular formula is C15H25ClN2O. The van der Waals surface area contributed by atoms with Crippen molar-refractivity contribution in [2.24, 2.45) is 0 Å². The van der Waals surface area contributed by atoms with Crippen LogP contribution in [0, 0.1) is 6.92 Å². The molecule has 0 aliphatic rings. The van der Waals surface area contributed by atoms with Gasteiger partial charge < -0.3 is 10.2 Å². The first-order valence-corrected chi connectivity index (χ1v) is 6.37. The number of rotatable bonds is 5. The summed E-state index contributed by atoms with van der Waals surface area (Å²) in [6, 6.07) is 8.19. The van der Waals surface area contributed by atoms with E-state index in [0.29, 0.717) is 0 Å². The molecule has 0 bridgehead atoms. The average molecular weight is 285 g/mol. The molecule has 1 aromatic carbocycles. The molecule has 3 nitrogen and oxygen atoms in total. The lowest BCUT2D eigenvalue weighted by atomic mass is 9.83. The summed E-state index contributed by atoms with van der Waals surface area (Å²) in [5, 5.41) is 3.06. The van der Waals surface area contributed by atoms with Crippen LogP contribution in [0.4, 0.5) is 0 Å². The lowest BCUT2D eigenvalue weighted by Gasteiger charge is -2.30. The van der Waals surface area contributed by atoms with E-state index in [0.717, 1.165) is 18.7 Å². The Balaban J connectivity index is 0.00000324. The van der Waals surface area contributed by atoms with E-state index < -0.39 is 5.41 Å². The number of halogens is 1. The maximum absolute atomic E-state index is 12.5. The van der Waals surface area contributed by atoms with Crippen molar-refractivity contribution in [2.45, 2.75) is 26.2 Å². The number of nitrogens with one attached hydrogen (secondary N) is 1. The monoisotopic (exact) mass is 284 g/mol. The van der Waals surface area contributed by atoms with Gasteiger partial charge in [-0.25, -0.2) is 0 Å². The first-order chi connectivity index (χ1) is 8.39. The fourth-order valence-electron chi connectivity index (χ4n) is 1.95. The Bertz CT molecular complexity index is 401. The minimum Gasteiger partial charge on any atom is -0.344 e. The molecule has 0 spiro atoms. The maximum atomic E-state index is 12.5. The molecule has 0 saturated heterocycles. The summed E-state index contributed by atoms with van der Waals surface area (Å²) >= 11 is 0. The van der Waals surface area contributed by atoms with Gasteiger partial charge in [0.15, 0.2) is 0 Å². The highest BCUT2D eigenvalue weighted by Crippen LogP contribution is 2.25. The second-order valence-corrected chi connectivity index (χ2v) is 5.32. The van der Waals surface area contributed by atoms with E-state index in [9.17, 15) is 4.79 Å². The number of aryl methyl sites for hydroxylation is 1. The summed E-state index contributed by atoms with van der Waals surface area (Å²) < 4.78 is 0. The van der Waals surface area contributed by atoms with Crippen molar-refractivity contribution in [3.05, 3.63) is 35.4 Å². The number of hydrogen-bond acceptors (Lipinski definition) is 2. The number of carbonyl (C=O) groups excluding carboxylic acids is 1. The molecule has 108 valence electrons. The van der Waals surface area contributed by atoms with Gasteiger partial charge in [-0.1, -0.05) is 29.8 Å². The molecule has 0 aliphatic heterocycles. The molecule has 1 aromatic rings. The minimum atomic E-state index is -0.476. The van der Waals surface area contributed by atoms with Gasteiger partial charge in [0, 0.05) is 20.1 Å². The van der Waals surface area contributed by atoms with Gasteiger partial charge in [-0.3, -0.25) is 4.79 Å². The van der Waals surface area contributed by atoms with Crippen LogP contribution in [0.2, 0.25) is 0 Å². The molecule has 4 heteroatoms. The van der Waals surface area contributed by atoms with Crippen LogP contribution in [0.25, 0.3) is 0 Å². The van der Waals surface area contributed by atoms with Crippen molar-refractivity contribution < 1.29 is 4.79 Å². The minimum absolute atomic E-state index is 0. The first kappa shape index (κ1) is 17.9. The standard InChI is InChI=1S/C15H24N2O.ClH/c1-12-6-8-13(9-7-12)15(2,3)14(18)17(5)11-10-16-4;/h6-9,16H,10-11H2,1-5H3;1H. The highest BCUT2D eigenvalue weighted by Gasteiger charge is 2.31. The summed E-state index contributed by atoms with van der Waals surface area (Å²) in [4.78, 5) is 14.2. The van der Waals surface area contributed by atoms with Gasteiger partial charge in [0.25, 0.3) is 0 Å². The largest absolute Gasteiger partial charge is 0.344 e. The van der Waals surface area contributed by atoms with Crippen LogP contribution in [-0.4, -0.2) is 38.0 Å². The average Bonchev–Trinajstić information content (AvgIpc) is 2.35. The quantitative estimate of drug-likeness (QED) is 0.900. The number of benzene rings is 1. The Labute approximate surface area is 122 Å². The van der Waals surface area contributed by atoms with E-state index >= 15 is 0 Å². The van der Waals surface area contributed by atoms with Crippen molar-refractivity contribution in [3.63, 3.8) is 0 Å². The number of hydrogen-bond donors (Lipinski definition) is 1. The number of amides is 1. The Morgan fingerprint density at radius 1 is 1.26 bits per heavy atom. The first-order valence-electron chi connectivity index (χ1n) is 6.37. The van der Waals surface area contributed by atoms with E-state index in [-0.39, 0.29) is 18.3 Å². The summed E-state index contributed by atoms with van der Waals surface area (Å²) in [7, 11) is 3.75. The van der Waals surface area contributed by atoms with Crippen LogP contribution in [0.5, 0.6) is 0 Å². The third-order valence-electron chi connectivity index (χ3n) is 3.35. The third kappa shape index (κ3) is 4.51. The van der Waals surface area contributed by atoms with Crippen LogP contribution in [0.1, 0.15) is 25.0 Å². The Morgan fingerprint density at radius 3 is 2.26 bits per heavy atom. The van der Waals surface area contributed by atoms with E-state index in [1.165, 1.54) is 5.56 Å². The Kier molecular flexibility index (Phi) is 7.09. The maximum Gasteiger partial charge on any atom is 0.232 e. The fourth-order valence-corrected chi connectivity index (χ4v) is 1.95. The smallest absolute Gasteiger partial charge is 0.232 e. The molecule has 0 aliphatic carbocycles. The molecule has 0 heterocycles. The summed E-state index contributed by atoms with van der Waals surface area (Å²) in [6.07, 6.45) is 0. The summed E-state index contributed by atoms with van der Waals surface area (Å²) in [6.45, 7) is 7.56. The second kappa shape index (κ2) is 7.51. The number of nitrogens with zero attached hydrogens (tertiary/aromatic N) is 1. The molecule has 0 radical (unpaired) electrons. The molecule has 0 atom stereocenters. The van der Waals surface area contributed by atoms with Crippen molar-refractivity contribution >= 4 is 18.3 Å². The molecule has 0 saturated carbocycles. The van der Waals surface area contributed by atoms with E-state index in [1.807, 2.05) is 40.1 Å². The molecule has 0 unspecified atom stereocenters. The zero-order valence-electron chi connectivity index (χ0n) is 12.5. The van der Waals surface area contributed by atoms with Crippen LogP contribution >= 0.6 is 12.4 Å². The molecule has 1 rings (SSSR count). The summed E-state index contributed by atoms with van der Waals surface area (Å²) in [5.74, 6) is 0.154. The van der Waals surface area contributed by atoms with Crippen LogP contribution in [0.3, 0.4) is 0 Å². The molecular weight excluding hydrogens is 260 g/mol. The van der Waals surface area contributed by atoms with Gasteiger partial charge in [0.05, 0.1) is 5.41 Å². The van der Waals surface area contributed by atoms with Crippen LogP contribution < -0.4 is 5.32 Å². The third-order valence-corrected chi connectivity index (χ3v) is 3.35. The normalized spacial score (nSPS) is 10.8. The Morgan fingerprint density at radius 2 is 1.79 bits per heavy atom.